The Morgan fingerprint density at radius 3 is 2.27 bits per heavy atom. The van der Waals surface area contributed by atoms with E-state index in [1.54, 1.807) is 11.9 Å². The average molecular weight is 328 g/mol. The van der Waals surface area contributed by atoms with Gasteiger partial charge in [0, 0.05) is 25.2 Å². The summed E-state index contributed by atoms with van der Waals surface area (Å²) >= 11 is 0. The van der Waals surface area contributed by atoms with E-state index in [2.05, 4.69) is 10.6 Å². The summed E-state index contributed by atoms with van der Waals surface area (Å²) in [6, 6.07) is 5.87. The van der Waals surface area contributed by atoms with E-state index >= 15 is 0 Å². The quantitative estimate of drug-likeness (QED) is 0.806. The summed E-state index contributed by atoms with van der Waals surface area (Å²) in [4.78, 5) is 25.7. The molecule has 0 aliphatic carbocycles. The van der Waals surface area contributed by atoms with E-state index in [0.29, 0.717) is 19.5 Å². The zero-order valence-corrected chi connectivity index (χ0v) is 14.5. The molecule has 22 heavy (non-hydrogen) atoms. The second kappa shape index (κ2) is 10.2. The molecule has 1 aromatic carbocycles. The van der Waals surface area contributed by atoms with Crippen molar-refractivity contribution in [1.82, 2.24) is 10.2 Å². The molecule has 0 fully saturated rings. The molecule has 5 nitrogen and oxygen atoms in total. The molecule has 1 aromatic rings. The maximum Gasteiger partial charge on any atom is 0.244 e. The van der Waals surface area contributed by atoms with E-state index in [9.17, 15) is 9.59 Å². The van der Waals surface area contributed by atoms with Crippen LogP contribution in [-0.2, 0) is 9.59 Å². The third kappa shape index (κ3) is 6.03. The van der Waals surface area contributed by atoms with Crippen LogP contribution in [0.2, 0.25) is 0 Å². The zero-order valence-electron chi connectivity index (χ0n) is 13.7. The summed E-state index contributed by atoms with van der Waals surface area (Å²) in [5.41, 5.74) is 2.88. The van der Waals surface area contributed by atoms with Crippen molar-refractivity contribution in [2.45, 2.75) is 27.2 Å². The molecular weight excluding hydrogens is 302 g/mol. The number of hydrogen-bond acceptors (Lipinski definition) is 3. The average Bonchev–Trinajstić information content (AvgIpc) is 2.46. The standard InChI is InChI=1S/C16H25N3O2.ClH/c1-5-19(15(21)9-10-17-4)11-14(20)18-16-12(2)7-6-8-13(16)3;/h6-8,17H,5,9-11H2,1-4H3,(H,18,20);1H. The lowest BCUT2D eigenvalue weighted by Crippen LogP contribution is -2.39. The Kier molecular flexibility index (Phi) is 9.45. The minimum atomic E-state index is -0.160. The predicted molar refractivity (Wildman–Crippen MR) is 92.6 cm³/mol. The summed E-state index contributed by atoms with van der Waals surface area (Å²) in [6.07, 6.45) is 0.404. The summed E-state index contributed by atoms with van der Waals surface area (Å²) in [6.45, 7) is 7.03. The first kappa shape index (κ1) is 20.4. The molecule has 0 unspecified atom stereocenters. The fourth-order valence-corrected chi connectivity index (χ4v) is 2.13. The number of carbonyl (C=O) groups is 2. The van der Waals surface area contributed by atoms with Crippen molar-refractivity contribution < 1.29 is 9.59 Å². The van der Waals surface area contributed by atoms with Gasteiger partial charge in [0.2, 0.25) is 11.8 Å². The fourth-order valence-electron chi connectivity index (χ4n) is 2.13. The van der Waals surface area contributed by atoms with Gasteiger partial charge in [0.1, 0.15) is 0 Å². The van der Waals surface area contributed by atoms with E-state index in [0.717, 1.165) is 16.8 Å². The number of halogens is 1. The lowest BCUT2D eigenvalue weighted by atomic mass is 10.1. The third-order valence-corrected chi connectivity index (χ3v) is 3.40. The first-order valence-corrected chi connectivity index (χ1v) is 7.28. The van der Waals surface area contributed by atoms with E-state index in [-0.39, 0.29) is 30.8 Å². The van der Waals surface area contributed by atoms with E-state index in [4.69, 9.17) is 0 Å². The van der Waals surface area contributed by atoms with Crippen LogP contribution in [0.1, 0.15) is 24.5 Å². The number of likely N-dealkylation sites (N-methyl/N-ethyl adjacent to an activating group) is 1. The highest BCUT2D eigenvalue weighted by Crippen LogP contribution is 2.19. The summed E-state index contributed by atoms with van der Waals surface area (Å²) in [7, 11) is 1.80. The van der Waals surface area contributed by atoms with Gasteiger partial charge in [0.15, 0.2) is 0 Å². The number of amides is 2. The first-order chi connectivity index (χ1) is 9.99. The molecule has 0 aliphatic heterocycles. The van der Waals surface area contributed by atoms with Crippen molar-refractivity contribution in [1.29, 1.82) is 0 Å². The van der Waals surface area contributed by atoms with Gasteiger partial charge in [-0.3, -0.25) is 9.59 Å². The van der Waals surface area contributed by atoms with Crippen LogP contribution >= 0.6 is 12.4 Å². The molecule has 0 saturated heterocycles. The molecule has 0 saturated carbocycles. The monoisotopic (exact) mass is 327 g/mol. The largest absolute Gasteiger partial charge is 0.334 e. The van der Waals surface area contributed by atoms with Crippen molar-refractivity contribution in [2.24, 2.45) is 0 Å². The van der Waals surface area contributed by atoms with Crippen molar-refractivity contribution in [3.05, 3.63) is 29.3 Å². The smallest absolute Gasteiger partial charge is 0.244 e. The molecule has 124 valence electrons. The molecular formula is C16H26ClN3O2. The van der Waals surface area contributed by atoms with Crippen molar-refractivity contribution >= 4 is 29.9 Å². The maximum atomic E-state index is 12.1. The Bertz CT molecular complexity index is 486. The number of anilines is 1. The number of carbonyl (C=O) groups excluding carboxylic acids is 2. The van der Waals surface area contributed by atoms with Crippen LogP contribution in [0.3, 0.4) is 0 Å². The highest BCUT2D eigenvalue weighted by molar-refractivity contribution is 5.95. The number of hydrogen-bond donors (Lipinski definition) is 2. The lowest BCUT2D eigenvalue weighted by Gasteiger charge is -2.21. The summed E-state index contributed by atoms with van der Waals surface area (Å²) in [5.74, 6) is -0.171. The highest BCUT2D eigenvalue weighted by atomic mass is 35.5. The minimum Gasteiger partial charge on any atom is -0.334 e. The highest BCUT2D eigenvalue weighted by Gasteiger charge is 2.16. The number of aryl methyl sites for hydroxylation is 2. The molecule has 6 heteroatoms. The van der Waals surface area contributed by atoms with Gasteiger partial charge in [-0.05, 0) is 38.9 Å². The normalized spacial score (nSPS) is 9.82. The van der Waals surface area contributed by atoms with Crippen molar-refractivity contribution in [3.8, 4) is 0 Å². The zero-order chi connectivity index (χ0) is 15.8. The lowest BCUT2D eigenvalue weighted by molar-refractivity contribution is -0.134. The predicted octanol–water partition coefficient (Wildman–Crippen LogP) is 2.12. The fraction of sp³-hybridized carbons (Fsp3) is 0.500. The summed E-state index contributed by atoms with van der Waals surface area (Å²) < 4.78 is 0. The van der Waals surface area contributed by atoms with E-state index < -0.39 is 0 Å². The first-order valence-electron chi connectivity index (χ1n) is 7.28. The van der Waals surface area contributed by atoms with Crippen molar-refractivity contribution in [3.63, 3.8) is 0 Å². The number of rotatable bonds is 7. The Balaban J connectivity index is 0.00000441. The van der Waals surface area contributed by atoms with Crippen LogP contribution < -0.4 is 10.6 Å². The van der Waals surface area contributed by atoms with Crippen LogP contribution in [-0.4, -0.2) is 43.4 Å². The molecule has 2 amide bonds. The number of nitrogens with zero attached hydrogens (tertiary/aromatic N) is 1. The van der Waals surface area contributed by atoms with Gasteiger partial charge in [-0.1, -0.05) is 18.2 Å². The number of para-hydroxylation sites is 1. The molecule has 0 radical (unpaired) electrons. The van der Waals surface area contributed by atoms with Gasteiger partial charge >= 0.3 is 0 Å². The topological polar surface area (TPSA) is 61.4 Å². The SMILES string of the molecule is CCN(CC(=O)Nc1c(C)cccc1C)C(=O)CCNC.Cl. The maximum absolute atomic E-state index is 12.1. The number of benzene rings is 1. The second-order valence-corrected chi connectivity index (χ2v) is 5.08. The Labute approximate surface area is 138 Å². The molecule has 0 heterocycles. The van der Waals surface area contributed by atoms with E-state index in [1.807, 2.05) is 39.0 Å². The Hall–Kier alpha value is -1.59. The van der Waals surface area contributed by atoms with Gasteiger partial charge in [-0.25, -0.2) is 0 Å². The van der Waals surface area contributed by atoms with Crippen LogP contribution in [0.5, 0.6) is 0 Å². The van der Waals surface area contributed by atoms with Gasteiger partial charge in [0.05, 0.1) is 6.54 Å². The van der Waals surface area contributed by atoms with Crippen LogP contribution in [0.4, 0.5) is 5.69 Å². The van der Waals surface area contributed by atoms with Crippen LogP contribution in [0.15, 0.2) is 18.2 Å². The van der Waals surface area contributed by atoms with Crippen molar-refractivity contribution in [2.75, 3.05) is 32.0 Å². The van der Waals surface area contributed by atoms with Gasteiger partial charge < -0.3 is 15.5 Å². The molecule has 0 bridgehead atoms. The van der Waals surface area contributed by atoms with E-state index in [1.165, 1.54) is 0 Å². The molecule has 0 aliphatic rings. The third-order valence-electron chi connectivity index (χ3n) is 3.40. The van der Waals surface area contributed by atoms with Crippen LogP contribution in [0.25, 0.3) is 0 Å². The van der Waals surface area contributed by atoms with Gasteiger partial charge in [-0.15, -0.1) is 12.4 Å². The molecule has 0 aromatic heterocycles. The molecule has 1 rings (SSSR count). The number of nitrogens with one attached hydrogen (secondary N) is 2. The molecule has 2 N–H and O–H groups in total. The Morgan fingerprint density at radius 2 is 1.77 bits per heavy atom. The molecule has 0 atom stereocenters. The summed E-state index contributed by atoms with van der Waals surface area (Å²) in [5, 5.41) is 5.84. The second-order valence-electron chi connectivity index (χ2n) is 5.08. The minimum absolute atomic E-state index is 0. The molecule has 0 spiro atoms. The Morgan fingerprint density at radius 1 is 1.18 bits per heavy atom. The van der Waals surface area contributed by atoms with Crippen LogP contribution in [0, 0.1) is 13.8 Å². The van der Waals surface area contributed by atoms with Gasteiger partial charge in [-0.2, -0.15) is 0 Å². The van der Waals surface area contributed by atoms with Gasteiger partial charge in [0.25, 0.3) is 0 Å².